The van der Waals surface area contributed by atoms with Crippen LogP contribution in [0.25, 0.3) is 0 Å². The standard InChI is InChI=1S/C15H14BrNO2/c16-13-8-4-5-11(9-13)10-19-15(18)14(17)12-6-2-1-3-7-12/h1-9,14H,10,17H2/t14-/m0/s1. The van der Waals surface area contributed by atoms with Crippen LogP contribution >= 0.6 is 15.9 Å². The third kappa shape index (κ3) is 3.91. The van der Waals surface area contributed by atoms with Gasteiger partial charge in [-0.1, -0.05) is 58.4 Å². The van der Waals surface area contributed by atoms with Crippen LogP contribution in [0, 0.1) is 0 Å². The number of nitrogens with two attached hydrogens (primary N) is 1. The van der Waals surface area contributed by atoms with Gasteiger partial charge in [-0.3, -0.25) is 0 Å². The molecule has 0 aliphatic carbocycles. The van der Waals surface area contributed by atoms with Crippen LogP contribution in [0.2, 0.25) is 0 Å². The summed E-state index contributed by atoms with van der Waals surface area (Å²) in [5.41, 5.74) is 7.52. The summed E-state index contributed by atoms with van der Waals surface area (Å²) in [5, 5.41) is 0. The van der Waals surface area contributed by atoms with Gasteiger partial charge in [-0.2, -0.15) is 0 Å². The minimum atomic E-state index is -0.742. The van der Waals surface area contributed by atoms with E-state index in [1.54, 1.807) is 0 Å². The number of carbonyl (C=O) groups excluding carboxylic acids is 1. The zero-order valence-corrected chi connectivity index (χ0v) is 11.8. The number of rotatable bonds is 4. The molecule has 2 rings (SSSR count). The van der Waals surface area contributed by atoms with Gasteiger partial charge in [0.15, 0.2) is 0 Å². The Morgan fingerprint density at radius 2 is 1.89 bits per heavy atom. The predicted molar refractivity (Wildman–Crippen MR) is 77.3 cm³/mol. The van der Waals surface area contributed by atoms with Crippen LogP contribution in [-0.4, -0.2) is 5.97 Å². The normalized spacial score (nSPS) is 11.9. The van der Waals surface area contributed by atoms with Crippen molar-refractivity contribution in [3.63, 3.8) is 0 Å². The average molecular weight is 320 g/mol. The molecule has 0 aliphatic rings. The molecule has 98 valence electrons. The monoisotopic (exact) mass is 319 g/mol. The van der Waals surface area contributed by atoms with Crippen LogP contribution in [-0.2, 0) is 16.1 Å². The maximum Gasteiger partial charge on any atom is 0.327 e. The van der Waals surface area contributed by atoms with Crippen LogP contribution in [0.4, 0.5) is 0 Å². The highest BCUT2D eigenvalue weighted by molar-refractivity contribution is 9.10. The molecule has 0 unspecified atom stereocenters. The molecular formula is C15H14BrNO2. The van der Waals surface area contributed by atoms with E-state index in [4.69, 9.17) is 10.5 Å². The summed E-state index contributed by atoms with van der Waals surface area (Å²) in [7, 11) is 0. The molecule has 0 saturated carbocycles. The maximum absolute atomic E-state index is 11.8. The SMILES string of the molecule is N[C@H](C(=O)OCc1cccc(Br)c1)c1ccccc1. The summed E-state index contributed by atoms with van der Waals surface area (Å²) in [6.45, 7) is 0.221. The quantitative estimate of drug-likeness (QED) is 0.880. The number of carbonyl (C=O) groups is 1. The van der Waals surface area contributed by atoms with Gasteiger partial charge < -0.3 is 10.5 Å². The molecule has 1 atom stereocenters. The smallest absolute Gasteiger partial charge is 0.327 e. The molecule has 0 saturated heterocycles. The van der Waals surface area contributed by atoms with Crippen LogP contribution in [0.15, 0.2) is 59.1 Å². The van der Waals surface area contributed by atoms with E-state index in [2.05, 4.69) is 15.9 Å². The molecule has 3 nitrogen and oxygen atoms in total. The van der Waals surface area contributed by atoms with Crippen molar-refractivity contribution < 1.29 is 9.53 Å². The van der Waals surface area contributed by atoms with Crippen molar-refractivity contribution in [2.75, 3.05) is 0 Å². The molecule has 0 radical (unpaired) electrons. The lowest BCUT2D eigenvalue weighted by Gasteiger charge is -2.11. The molecule has 0 aromatic heterocycles. The van der Waals surface area contributed by atoms with E-state index in [0.717, 1.165) is 15.6 Å². The molecule has 0 aliphatic heterocycles. The molecule has 2 aromatic carbocycles. The number of hydrogen-bond donors (Lipinski definition) is 1. The van der Waals surface area contributed by atoms with Crippen molar-refractivity contribution in [1.29, 1.82) is 0 Å². The first-order chi connectivity index (χ1) is 9.16. The Morgan fingerprint density at radius 3 is 2.58 bits per heavy atom. The van der Waals surface area contributed by atoms with Gasteiger partial charge in [0.2, 0.25) is 0 Å². The van der Waals surface area contributed by atoms with Crippen LogP contribution < -0.4 is 5.73 Å². The van der Waals surface area contributed by atoms with Gasteiger partial charge in [-0.25, -0.2) is 4.79 Å². The second-order valence-electron chi connectivity index (χ2n) is 4.13. The third-order valence-electron chi connectivity index (χ3n) is 2.68. The number of halogens is 1. The average Bonchev–Trinajstić information content (AvgIpc) is 2.45. The van der Waals surface area contributed by atoms with E-state index in [0.29, 0.717) is 0 Å². The molecular weight excluding hydrogens is 306 g/mol. The first-order valence-electron chi connectivity index (χ1n) is 5.88. The Labute approximate surface area is 120 Å². The van der Waals surface area contributed by atoms with Crippen LogP contribution in [0.3, 0.4) is 0 Å². The zero-order chi connectivity index (χ0) is 13.7. The van der Waals surface area contributed by atoms with Gasteiger partial charge in [0.25, 0.3) is 0 Å². The summed E-state index contributed by atoms with van der Waals surface area (Å²) in [6, 6.07) is 16.1. The van der Waals surface area contributed by atoms with E-state index in [1.807, 2.05) is 54.6 Å². The number of esters is 1. The molecule has 0 heterocycles. The lowest BCUT2D eigenvalue weighted by atomic mass is 10.1. The minimum absolute atomic E-state index is 0.221. The number of hydrogen-bond acceptors (Lipinski definition) is 3. The molecule has 0 spiro atoms. The largest absolute Gasteiger partial charge is 0.459 e. The fraction of sp³-hybridized carbons (Fsp3) is 0.133. The molecule has 0 bridgehead atoms. The first kappa shape index (κ1) is 13.8. The second-order valence-corrected chi connectivity index (χ2v) is 5.04. The lowest BCUT2D eigenvalue weighted by molar-refractivity contribution is -0.146. The lowest BCUT2D eigenvalue weighted by Crippen LogP contribution is -2.23. The van der Waals surface area contributed by atoms with Crippen molar-refractivity contribution in [2.24, 2.45) is 5.73 Å². The van der Waals surface area contributed by atoms with E-state index >= 15 is 0 Å². The Morgan fingerprint density at radius 1 is 1.16 bits per heavy atom. The van der Waals surface area contributed by atoms with Crippen LogP contribution in [0.5, 0.6) is 0 Å². The van der Waals surface area contributed by atoms with Crippen molar-refractivity contribution in [1.82, 2.24) is 0 Å². The zero-order valence-electron chi connectivity index (χ0n) is 10.3. The third-order valence-corrected chi connectivity index (χ3v) is 3.18. The first-order valence-corrected chi connectivity index (χ1v) is 6.68. The molecule has 2 N–H and O–H groups in total. The molecule has 19 heavy (non-hydrogen) atoms. The summed E-state index contributed by atoms with van der Waals surface area (Å²) in [5.74, 6) is -0.425. The fourth-order valence-corrected chi connectivity index (χ4v) is 2.11. The minimum Gasteiger partial charge on any atom is -0.459 e. The van der Waals surface area contributed by atoms with Gasteiger partial charge in [0, 0.05) is 4.47 Å². The predicted octanol–water partition coefficient (Wildman–Crippen LogP) is 3.19. The molecule has 0 fully saturated rings. The van der Waals surface area contributed by atoms with E-state index in [9.17, 15) is 4.79 Å². The van der Waals surface area contributed by atoms with Crippen LogP contribution in [0.1, 0.15) is 17.2 Å². The maximum atomic E-state index is 11.8. The summed E-state index contributed by atoms with van der Waals surface area (Å²) in [6.07, 6.45) is 0. The van der Waals surface area contributed by atoms with Crippen molar-refractivity contribution >= 4 is 21.9 Å². The van der Waals surface area contributed by atoms with Crippen molar-refractivity contribution in [3.05, 3.63) is 70.2 Å². The molecule has 2 aromatic rings. The van der Waals surface area contributed by atoms with E-state index < -0.39 is 12.0 Å². The van der Waals surface area contributed by atoms with E-state index in [1.165, 1.54) is 0 Å². The molecule has 4 heteroatoms. The summed E-state index contributed by atoms with van der Waals surface area (Å²) >= 11 is 3.37. The number of benzene rings is 2. The Balaban J connectivity index is 1.95. The Bertz CT molecular complexity index is 557. The highest BCUT2D eigenvalue weighted by Crippen LogP contribution is 2.15. The topological polar surface area (TPSA) is 52.3 Å². The van der Waals surface area contributed by atoms with Gasteiger partial charge in [0.1, 0.15) is 12.6 Å². The highest BCUT2D eigenvalue weighted by atomic mass is 79.9. The highest BCUT2D eigenvalue weighted by Gasteiger charge is 2.16. The molecule has 0 amide bonds. The van der Waals surface area contributed by atoms with Gasteiger partial charge in [-0.05, 0) is 23.3 Å². The van der Waals surface area contributed by atoms with Crippen molar-refractivity contribution in [3.8, 4) is 0 Å². The Hall–Kier alpha value is -1.65. The van der Waals surface area contributed by atoms with E-state index in [-0.39, 0.29) is 6.61 Å². The van der Waals surface area contributed by atoms with Gasteiger partial charge >= 0.3 is 5.97 Å². The Kier molecular flexibility index (Phi) is 4.71. The van der Waals surface area contributed by atoms with Crippen molar-refractivity contribution in [2.45, 2.75) is 12.6 Å². The summed E-state index contributed by atoms with van der Waals surface area (Å²) < 4.78 is 6.17. The second kappa shape index (κ2) is 6.50. The number of ether oxygens (including phenoxy) is 1. The van der Waals surface area contributed by atoms with Gasteiger partial charge in [-0.15, -0.1) is 0 Å². The van der Waals surface area contributed by atoms with Gasteiger partial charge in [0.05, 0.1) is 0 Å². The summed E-state index contributed by atoms with van der Waals surface area (Å²) in [4.78, 5) is 11.8. The fourth-order valence-electron chi connectivity index (χ4n) is 1.67.